The van der Waals surface area contributed by atoms with Crippen molar-refractivity contribution < 1.29 is 4.42 Å². The van der Waals surface area contributed by atoms with Gasteiger partial charge in [-0.2, -0.15) is 0 Å². The van der Waals surface area contributed by atoms with E-state index in [-0.39, 0.29) is 0 Å². The van der Waals surface area contributed by atoms with Gasteiger partial charge in [-0.05, 0) is 31.9 Å². The minimum Gasteiger partial charge on any atom is -0.459 e. The molecule has 0 atom stereocenters. The Morgan fingerprint density at radius 2 is 2.05 bits per heavy atom. The van der Waals surface area contributed by atoms with Gasteiger partial charge in [-0.25, -0.2) is 0 Å². The van der Waals surface area contributed by atoms with Crippen molar-refractivity contribution in [2.45, 2.75) is 45.8 Å². The Balaban J connectivity index is 1.83. The normalized spacial score (nSPS) is 15.5. The van der Waals surface area contributed by atoms with Crippen LogP contribution in [0.5, 0.6) is 0 Å². The minimum absolute atomic E-state index is 0.468. The molecule has 3 nitrogen and oxygen atoms in total. The SMILES string of the molecule is CC(C)NCc1oc2ccccc2c1CN(C)CC1CC1. The van der Waals surface area contributed by atoms with Crippen LogP contribution < -0.4 is 5.32 Å². The zero-order chi connectivity index (χ0) is 14.8. The van der Waals surface area contributed by atoms with Gasteiger partial charge in [0.1, 0.15) is 11.3 Å². The highest BCUT2D eigenvalue weighted by Gasteiger charge is 2.24. The molecule has 3 heteroatoms. The van der Waals surface area contributed by atoms with E-state index in [1.165, 1.54) is 30.3 Å². The number of benzene rings is 1. The largest absolute Gasteiger partial charge is 0.459 e. The topological polar surface area (TPSA) is 28.4 Å². The van der Waals surface area contributed by atoms with Gasteiger partial charge >= 0.3 is 0 Å². The Hall–Kier alpha value is -1.32. The molecule has 0 spiro atoms. The third-order valence-electron chi connectivity index (χ3n) is 4.15. The van der Waals surface area contributed by atoms with E-state index < -0.39 is 0 Å². The molecule has 1 N–H and O–H groups in total. The minimum atomic E-state index is 0.468. The molecular weight excluding hydrogens is 260 g/mol. The van der Waals surface area contributed by atoms with Gasteiger partial charge in [-0.3, -0.25) is 0 Å². The fourth-order valence-corrected chi connectivity index (χ4v) is 2.84. The first-order valence-electron chi connectivity index (χ1n) is 8.04. The van der Waals surface area contributed by atoms with Crippen LogP contribution in [0.25, 0.3) is 11.0 Å². The van der Waals surface area contributed by atoms with E-state index in [1.54, 1.807) is 0 Å². The molecular formula is C18H26N2O. The van der Waals surface area contributed by atoms with Gasteiger partial charge in [0.15, 0.2) is 0 Å². The van der Waals surface area contributed by atoms with Gasteiger partial charge in [0.2, 0.25) is 0 Å². The lowest BCUT2D eigenvalue weighted by Crippen LogP contribution is -2.24. The van der Waals surface area contributed by atoms with Crippen LogP contribution >= 0.6 is 0 Å². The Bertz CT molecular complexity index is 598. The molecule has 1 fully saturated rings. The number of fused-ring (bicyclic) bond motifs is 1. The van der Waals surface area contributed by atoms with Crippen molar-refractivity contribution in [3.63, 3.8) is 0 Å². The van der Waals surface area contributed by atoms with Crippen LogP contribution in [-0.2, 0) is 13.1 Å². The van der Waals surface area contributed by atoms with E-state index in [0.29, 0.717) is 6.04 Å². The van der Waals surface area contributed by atoms with Crippen LogP contribution in [0.1, 0.15) is 38.0 Å². The zero-order valence-electron chi connectivity index (χ0n) is 13.4. The number of hydrogen-bond donors (Lipinski definition) is 1. The smallest absolute Gasteiger partial charge is 0.134 e. The van der Waals surface area contributed by atoms with Crippen molar-refractivity contribution in [1.29, 1.82) is 0 Å². The van der Waals surface area contributed by atoms with E-state index in [1.807, 2.05) is 6.07 Å². The number of nitrogens with one attached hydrogen (secondary N) is 1. The lowest BCUT2D eigenvalue weighted by molar-refractivity contribution is 0.310. The molecule has 1 aromatic heterocycles. The summed E-state index contributed by atoms with van der Waals surface area (Å²) in [6.45, 7) is 7.32. The maximum absolute atomic E-state index is 6.08. The van der Waals surface area contributed by atoms with Gasteiger partial charge < -0.3 is 14.6 Å². The molecule has 1 aliphatic rings. The summed E-state index contributed by atoms with van der Waals surface area (Å²) >= 11 is 0. The fourth-order valence-electron chi connectivity index (χ4n) is 2.84. The highest BCUT2D eigenvalue weighted by atomic mass is 16.3. The Morgan fingerprint density at radius 1 is 1.29 bits per heavy atom. The van der Waals surface area contributed by atoms with E-state index in [4.69, 9.17) is 4.42 Å². The summed E-state index contributed by atoms with van der Waals surface area (Å²) in [5.74, 6) is 2.01. The summed E-state index contributed by atoms with van der Waals surface area (Å²) in [7, 11) is 2.22. The number of rotatable bonds is 7. The zero-order valence-corrected chi connectivity index (χ0v) is 13.4. The first kappa shape index (κ1) is 14.6. The second-order valence-electron chi connectivity index (χ2n) is 6.68. The molecule has 1 saturated carbocycles. The van der Waals surface area contributed by atoms with Gasteiger partial charge in [0, 0.05) is 30.1 Å². The average Bonchev–Trinajstić information content (AvgIpc) is 3.19. The molecule has 3 rings (SSSR count). The average molecular weight is 286 g/mol. The van der Waals surface area contributed by atoms with Crippen LogP contribution in [-0.4, -0.2) is 24.5 Å². The molecule has 1 aromatic carbocycles. The first-order valence-corrected chi connectivity index (χ1v) is 8.04. The summed E-state index contributed by atoms with van der Waals surface area (Å²) in [6.07, 6.45) is 2.80. The highest BCUT2D eigenvalue weighted by Crippen LogP contribution is 2.31. The Morgan fingerprint density at radius 3 is 2.76 bits per heavy atom. The molecule has 1 heterocycles. The molecule has 21 heavy (non-hydrogen) atoms. The van der Waals surface area contributed by atoms with Crippen molar-refractivity contribution >= 4 is 11.0 Å². The van der Waals surface area contributed by atoms with E-state index in [0.717, 1.165) is 30.4 Å². The van der Waals surface area contributed by atoms with Crippen molar-refractivity contribution in [3.8, 4) is 0 Å². The second kappa shape index (κ2) is 6.20. The van der Waals surface area contributed by atoms with Crippen LogP contribution in [0.15, 0.2) is 28.7 Å². The molecule has 2 aromatic rings. The van der Waals surface area contributed by atoms with Crippen molar-refractivity contribution in [2.75, 3.05) is 13.6 Å². The van der Waals surface area contributed by atoms with Crippen LogP contribution in [0.2, 0.25) is 0 Å². The third kappa shape index (κ3) is 3.66. The van der Waals surface area contributed by atoms with Gasteiger partial charge in [0.25, 0.3) is 0 Å². The highest BCUT2D eigenvalue weighted by molar-refractivity contribution is 5.82. The lowest BCUT2D eigenvalue weighted by Gasteiger charge is -2.17. The predicted molar refractivity (Wildman–Crippen MR) is 87.2 cm³/mol. The van der Waals surface area contributed by atoms with Crippen molar-refractivity contribution in [3.05, 3.63) is 35.6 Å². The first-order chi connectivity index (χ1) is 10.1. The Labute approximate surface area is 127 Å². The lowest BCUT2D eigenvalue weighted by atomic mass is 10.1. The van der Waals surface area contributed by atoms with Crippen molar-refractivity contribution in [1.82, 2.24) is 10.2 Å². The number of nitrogens with zero attached hydrogens (tertiary/aromatic N) is 1. The number of hydrogen-bond acceptors (Lipinski definition) is 3. The standard InChI is InChI=1S/C18H26N2O/c1-13(2)19-10-18-16(12-20(3)11-14-8-9-14)15-6-4-5-7-17(15)21-18/h4-7,13-14,19H,8-12H2,1-3H3. The molecule has 0 bridgehead atoms. The maximum atomic E-state index is 6.08. The summed E-state index contributed by atoms with van der Waals surface area (Å²) in [4.78, 5) is 2.44. The van der Waals surface area contributed by atoms with Crippen LogP contribution in [0.4, 0.5) is 0 Å². The molecule has 0 unspecified atom stereocenters. The molecule has 0 radical (unpaired) electrons. The molecule has 1 aliphatic carbocycles. The summed E-state index contributed by atoms with van der Waals surface area (Å²) in [5, 5.41) is 4.74. The predicted octanol–water partition coefficient (Wildman–Crippen LogP) is 3.77. The maximum Gasteiger partial charge on any atom is 0.134 e. The second-order valence-corrected chi connectivity index (χ2v) is 6.68. The van der Waals surface area contributed by atoms with Crippen LogP contribution in [0, 0.1) is 5.92 Å². The van der Waals surface area contributed by atoms with Gasteiger partial charge in [0.05, 0.1) is 6.54 Å². The summed E-state index contributed by atoms with van der Waals surface area (Å²) in [5.41, 5.74) is 2.36. The fraction of sp³-hybridized carbons (Fsp3) is 0.556. The number of para-hydroxylation sites is 1. The van der Waals surface area contributed by atoms with Crippen molar-refractivity contribution in [2.24, 2.45) is 5.92 Å². The molecule has 114 valence electrons. The summed E-state index contributed by atoms with van der Waals surface area (Å²) < 4.78 is 6.08. The van der Waals surface area contributed by atoms with E-state index in [9.17, 15) is 0 Å². The quantitative estimate of drug-likeness (QED) is 0.840. The van der Waals surface area contributed by atoms with Gasteiger partial charge in [-0.1, -0.05) is 32.0 Å². The van der Waals surface area contributed by atoms with E-state index in [2.05, 4.69) is 49.3 Å². The van der Waals surface area contributed by atoms with Crippen LogP contribution in [0.3, 0.4) is 0 Å². The monoisotopic (exact) mass is 286 g/mol. The molecule has 0 aliphatic heterocycles. The molecule has 0 saturated heterocycles. The van der Waals surface area contributed by atoms with Gasteiger partial charge in [-0.15, -0.1) is 0 Å². The van der Waals surface area contributed by atoms with E-state index >= 15 is 0 Å². The Kier molecular flexibility index (Phi) is 4.32. The summed E-state index contributed by atoms with van der Waals surface area (Å²) in [6, 6.07) is 8.86. The third-order valence-corrected chi connectivity index (χ3v) is 4.15. The number of furan rings is 1. The molecule has 0 amide bonds.